The summed E-state index contributed by atoms with van der Waals surface area (Å²) in [5.74, 6) is -0.939. The van der Waals surface area contributed by atoms with Crippen LogP contribution in [0.3, 0.4) is 0 Å². The molecule has 0 saturated carbocycles. The number of carbonyl (C=O) groups is 3. The van der Waals surface area contributed by atoms with E-state index in [-0.39, 0.29) is 31.1 Å². The molecular weight excluding hydrogens is 853 g/mol. The third kappa shape index (κ3) is 55.4. The van der Waals surface area contributed by atoms with E-state index in [0.717, 1.165) is 109 Å². The second-order valence-corrected chi connectivity index (χ2v) is 19.2. The Balaban J connectivity index is 4.47. The molecule has 0 bridgehead atoms. The Bertz CT molecular complexity index is 1330. The first-order valence-electron chi connectivity index (χ1n) is 29.1. The molecule has 6 nitrogen and oxygen atoms in total. The normalized spacial score (nSPS) is 12.7. The zero-order valence-corrected chi connectivity index (χ0v) is 45.3. The maximum Gasteiger partial charge on any atom is 0.306 e. The molecule has 0 rings (SSSR count). The number of allylic oxidation sites excluding steroid dienone is 14. The van der Waals surface area contributed by atoms with Crippen LogP contribution in [-0.2, 0) is 28.6 Å². The molecule has 0 radical (unpaired) electrons. The van der Waals surface area contributed by atoms with Crippen LogP contribution in [0.25, 0.3) is 0 Å². The number of carbonyl (C=O) groups excluding carboxylic acids is 3. The van der Waals surface area contributed by atoms with Crippen molar-refractivity contribution in [1.82, 2.24) is 0 Å². The number of rotatable bonds is 52. The average molecular weight is 962 g/mol. The van der Waals surface area contributed by atoms with E-state index in [0.29, 0.717) is 19.3 Å². The van der Waals surface area contributed by atoms with Crippen LogP contribution < -0.4 is 0 Å². The molecule has 0 unspecified atom stereocenters. The summed E-state index contributed by atoms with van der Waals surface area (Å²) in [5, 5.41) is 0. The Morgan fingerprint density at radius 1 is 0.290 bits per heavy atom. The van der Waals surface area contributed by atoms with E-state index >= 15 is 0 Å². The molecule has 0 aromatic heterocycles. The van der Waals surface area contributed by atoms with Crippen LogP contribution in [-0.4, -0.2) is 37.2 Å². The third-order valence-corrected chi connectivity index (χ3v) is 12.3. The van der Waals surface area contributed by atoms with Crippen LogP contribution >= 0.6 is 0 Å². The fraction of sp³-hybridized carbons (Fsp3) is 0.730. The van der Waals surface area contributed by atoms with Crippen molar-refractivity contribution < 1.29 is 28.6 Å². The Kier molecular flexibility index (Phi) is 54.3. The summed E-state index contributed by atoms with van der Waals surface area (Å²) in [6.07, 6.45) is 74.2. The molecule has 6 heteroatoms. The van der Waals surface area contributed by atoms with Crippen molar-refractivity contribution in [2.24, 2.45) is 0 Å². The molecule has 0 spiro atoms. The number of ether oxygens (including phenoxy) is 3. The molecule has 0 aliphatic rings. The highest BCUT2D eigenvalue weighted by Gasteiger charge is 2.19. The lowest BCUT2D eigenvalue weighted by molar-refractivity contribution is -0.167. The van der Waals surface area contributed by atoms with Crippen molar-refractivity contribution in [2.75, 3.05) is 13.2 Å². The molecule has 0 fully saturated rings. The average Bonchev–Trinajstić information content (AvgIpc) is 3.35. The predicted octanol–water partition coefficient (Wildman–Crippen LogP) is 19.5. The van der Waals surface area contributed by atoms with Gasteiger partial charge in [-0.3, -0.25) is 14.4 Å². The van der Waals surface area contributed by atoms with Crippen LogP contribution in [0.2, 0.25) is 0 Å². The fourth-order valence-electron chi connectivity index (χ4n) is 7.92. The highest BCUT2D eigenvalue weighted by molar-refractivity contribution is 5.71. The lowest BCUT2D eigenvalue weighted by Crippen LogP contribution is -2.30. The number of hydrogen-bond donors (Lipinski definition) is 0. The molecular formula is C63H108O6. The van der Waals surface area contributed by atoms with Crippen LogP contribution in [0.15, 0.2) is 85.1 Å². The van der Waals surface area contributed by atoms with Gasteiger partial charge in [-0.2, -0.15) is 0 Å². The quantitative estimate of drug-likeness (QED) is 0.0262. The van der Waals surface area contributed by atoms with Gasteiger partial charge in [-0.15, -0.1) is 0 Å². The van der Waals surface area contributed by atoms with Crippen molar-refractivity contribution in [3.05, 3.63) is 85.1 Å². The Morgan fingerprint density at radius 2 is 0.522 bits per heavy atom. The predicted molar refractivity (Wildman–Crippen MR) is 297 cm³/mol. The summed E-state index contributed by atoms with van der Waals surface area (Å²) in [5.41, 5.74) is 0. The first kappa shape index (κ1) is 65.6. The largest absolute Gasteiger partial charge is 0.462 e. The smallest absolute Gasteiger partial charge is 0.306 e. The van der Waals surface area contributed by atoms with Gasteiger partial charge >= 0.3 is 17.9 Å². The zero-order valence-electron chi connectivity index (χ0n) is 45.3. The molecule has 69 heavy (non-hydrogen) atoms. The minimum absolute atomic E-state index is 0.0958. The summed E-state index contributed by atoms with van der Waals surface area (Å²) >= 11 is 0. The standard InChI is InChI=1S/C63H108O6/c1-4-7-10-13-16-19-22-25-28-30-31-33-35-38-41-44-47-50-53-56-62(65)68-59-60(58-67-61(64)55-52-49-46-43-40-37-34-27-24-21-18-15-12-9-6-3)69-63(66)57-54-51-48-45-42-39-36-32-29-26-23-20-17-14-11-8-5-2/h16,18-19,21,25-29,31,33-34,38,41,60H,4-15,17,20,22-24,30,32,35-37,39-40,42-59H2,1-3H3/b19-16-,21-18-,28-25-,29-26-,33-31-,34-27-,41-38-/t60-/m0/s1. The van der Waals surface area contributed by atoms with Crippen LogP contribution in [0, 0.1) is 0 Å². The number of unbranched alkanes of at least 4 members (excludes halogenated alkanes) is 27. The Labute approximate surface area is 426 Å². The van der Waals surface area contributed by atoms with Crippen molar-refractivity contribution in [1.29, 1.82) is 0 Å². The lowest BCUT2D eigenvalue weighted by Gasteiger charge is -2.18. The summed E-state index contributed by atoms with van der Waals surface area (Å²) in [6.45, 7) is 6.55. The molecule has 0 saturated heterocycles. The van der Waals surface area contributed by atoms with Gasteiger partial charge in [0.15, 0.2) is 6.10 Å². The minimum atomic E-state index is -0.799. The van der Waals surface area contributed by atoms with Gasteiger partial charge < -0.3 is 14.2 Å². The van der Waals surface area contributed by atoms with Gasteiger partial charge in [0, 0.05) is 19.3 Å². The van der Waals surface area contributed by atoms with Crippen LogP contribution in [0.4, 0.5) is 0 Å². The third-order valence-electron chi connectivity index (χ3n) is 12.3. The first-order chi connectivity index (χ1) is 34.0. The molecule has 0 aromatic rings. The zero-order chi connectivity index (χ0) is 50.0. The van der Waals surface area contributed by atoms with Gasteiger partial charge in [-0.1, -0.05) is 221 Å². The maximum absolute atomic E-state index is 12.9. The maximum atomic E-state index is 12.9. The van der Waals surface area contributed by atoms with E-state index in [9.17, 15) is 14.4 Å². The van der Waals surface area contributed by atoms with Gasteiger partial charge in [0.1, 0.15) is 13.2 Å². The molecule has 0 amide bonds. The van der Waals surface area contributed by atoms with E-state index in [1.54, 1.807) is 0 Å². The SMILES string of the molecule is CCCCC/C=C\C/C=C\C/C=C\C/C=C\CCCCCC(=O)OC[C@H](COC(=O)CCCCCCC/C=C\C/C=C\CCCCC)OC(=O)CCCCCCCCC/C=C\CCCCCCCC. The van der Waals surface area contributed by atoms with Crippen molar-refractivity contribution in [3.8, 4) is 0 Å². The van der Waals surface area contributed by atoms with E-state index in [1.165, 1.54) is 128 Å². The topological polar surface area (TPSA) is 78.9 Å². The van der Waals surface area contributed by atoms with Gasteiger partial charge in [0.05, 0.1) is 0 Å². The van der Waals surface area contributed by atoms with Crippen molar-refractivity contribution in [3.63, 3.8) is 0 Å². The van der Waals surface area contributed by atoms with Gasteiger partial charge in [-0.25, -0.2) is 0 Å². The van der Waals surface area contributed by atoms with Crippen LogP contribution in [0.5, 0.6) is 0 Å². The molecule has 0 heterocycles. The van der Waals surface area contributed by atoms with E-state index in [1.807, 2.05) is 0 Å². The van der Waals surface area contributed by atoms with Crippen molar-refractivity contribution >= 4 is 17.9 Å². The summed E-state index contributed by atoms with van der Waals surface area (Å²) in [4.78, 5) is 38.2. The van der Waals surface area contributed by atoms with E-state index < -0.39 is 6.10 Å². The molecule has 0 aliphatic carbocycles. The Morgan fingerprint density at radius 3 is 0.870 bits per heavy atom. The van der Waals surface area contributed by atoms with Gasteiger partial charge in [0.25, 0.3) is 0 Å². The minimum Gasteiger partial charge on any atom is -0.462 e. The number of esters is 3. The van der Waals surface area contributed by atoms with Crippen LogP contribution in [0.1, 0.15) is 278 Å². The highest BCUT2D eigenvalue weighted by Crippen LogP contribution is 2.14. The van der Waals surface area contributed by atoms with Gasteiger partial charge in [0.2, 0.25) is 0 Å². The van der Waals surface area contributed by atoms with Crippen molar-refractivity contribution in [2.45, 2.75) is 284 Å². The molecule has 0 N–H and O–H groups in total. The summed E-state index contributed by atoms with van der Waals surface area (Å²) in [7, 11) is 0. The molecule has 396 valence electrons. The second-order valence-electron chi connectivity index (χ2n) is 19.2. The van der Waals surface area contributed by atoms with Gasteiger partial charge in [-0.05, 0) is 122 Å². The molecule has 1 atom stereocenters. The lowest BCUT2D eigenvalue weighted by atomic mass is 10.1. The fourth-order valence-corrected chi connectivity index (χ4v) is 7.92. The highest BCUT2D eigenvalue weighted by atomic mass is 16.6. The monoisotopic (exact) mass is 961 g/mol. The summed E-state index contributed by atoms with van der Waals surface area (Å²) in [6, 6.07) is 0. The first-order valence-corrected chi connectivity index (χ1v) is 29.1. The molecule has 0 aliphatic heterocycles. The van der Waals surface area contributed by atoms with E-state index in [4.69, 9.17) is 14.2 Å². The number of hydrogen-bond acceptors (Lipinski definition) is 6. The Hall–Kier alpha value is -3.41. The summed E-state index contributed by atoms with van der Waals surface area (Å²) < 4.78 is 16.8. The second kappa shape index (κ2) is 57.2. The molecule has 0 aromatic carbocycles. The van der Waals surface area contributed by atoms with E-state index in [2.05, 4.69) is 106 Å².